The SMILES string of the molecule is O=NN(c1ccccc1)S(=O)(=O)c1ccccc1. The second kappa shape index (κ2) is 4.97. The zero-order chi connectivity index (χ0) is 13.0. The third-order valence-electron chi connectivity index (χ3n) is 2.32. The van der Waals surface area contributed by atoms with E-state index < -0.39 is 10.0 Å². The van der Waals surface area contributed by atoms with E-state index in [2.05, 4.69) is 5.29 Å². The molecule has 6 heteroatoms. The summed E-state index contributed by atoms with van der Waals surface area (Å²) in [6.45, 7) is 0. The van der Waals surface area contributed by atoms with Crippen LogP contribution in [-0.4, -0.2) is 8.42 Å². The van der Waals surface area contributed by atoms with Crippen molar-refractivity contribution in [2.75, 3.05) is 4.41 Å². The van der Waals surface area contributed by atoms with Gasteiger partial charge in [-0.25, -0.2) is 0 Å². The smallest absolute Gasteiger partial charge is 0.199 e. The van der Waals surface area contributed by atoms with Gasteiger partial charge >= 0.3 is 0 Å². The molecule has 0 spiro atoms. The molecule has 0 N–H and O–H groups in total. The van der Waals surface area contributed by atoms with Crippen LogP contribution in [0.5, 0.6) is 0 Å². The first-order valence-electron chi connectivity index (χ1n) is 5.15. The molecule has 0 fully saturated rings. The van der Waals surface area contributed by atoms with E-state index in [9.17, 15) is 13.3 Å². The minimum absolute atomic E-state index is 0.0217. The molecule has 0 saturated heterocycles. The van der Waals surface area contributed by atoms with Crippen LogP contribution in [0.15, 0.2) is 70.8 Å². The summed E-state index contributed by atoms with van der Waals surface area (Å²) in [6.07, 6.45) is 0. The standard InChI is InChI=1S/C12H10N2O3S/c15-13-14(11-7-3-1-4-8-11)18(16,17)12-9-5-2-6-10-12/h1-10H. The van der Waals surface area contributed by atoms with Crippen LogP contribution in [0, 0.1) is 4.91 Å². The largest absolute Gasteiger partial charge is 0.286 e. The van der Waals surface area contributed by atoms with Crippen molar-refractivity contribution in [3.05, 3.63) is 65.6 Å². The third kappa shape index (κ3) is 2.23. The molecule has 0 unspecified atom stereocenters. The van der Waals surface area contributed by atoms with Crippen molar-refractivity contribution in [2.24, 2.45) is 5.29 Å². The lowest BCUT2D eigenvalue weighted by atomic mass is 10.3. The average molecular weight is 262 g/mol. The predicted molar refractivity (Wildman–Crippen MR) is 68.3 cm³/mol. The Morgan fingerprint density at radius 1 is 0.833 bits per heavy atom. The number of nitrogens with zero attached hydrogens (tertiary/aromatic N) is 2. The van der Waals surface area contributed by atoms with Crippen LogP contribution >= 0.6 is 0 Å². The Bertz CT molecular complexity index is 627. The lowest BCUT2D eigenvalue weighted by Gasteiger charge is -2.15. The highest BCUT2D eigenvalue weighted by Crippen LogP contribution is 2.23. The Labute approximate surface area is 105 Å². The molecule has 0 bridgehead atoms. The van der Waals surface area contributed by atoms with Crippen LogP contribution in [0.4, 0.5) is 5.69 Å². The Kier molecular flexibility index (Phi) is 3.38. The van der Waals surface area contributed by atoms with E-state index in [4.69, 9.17) is 0 Å². The first kappa shape index (κ1) is 12.3. The van der Waals surface area contributed by atoms with Crippen LogP contribution < -0.4 is 4.41 Å². The van der Waals surface area contributed by atoms with Gasteiger partial charge in [-0.15, -0.1) is 9.32 Å². The summed E-state index contributed by atoms with van der Waals surface area (Å²) >= 11 is 0. The monoisotopic (exact) mass is 262 g/mol. The Morgan fingerprint density at radius 3 is 1.83 bits per heavy atom. The third-order valence-corrected chi connectivity index (χ3v) is 3.92. The van der Waals surface area contributed by atoms with Crippen molar-refractivity contribution in [1.82, 2.24) is 0 Å². The number of rotatable bonds is 4. The summed E-state index contributed by atoms with van der Waals surface area (Å²) in [7, 11) is -3.95. The molecule has 0 aliphatic carbocycles. The van der Waals surface area contributed by atoms with Crippen LogP contribution in [-0.2, 0) is 10.0 Å². The predicted octanol–water partition coefficient (Wildman–Crippen LogP) is 2.56. The molecule has 0 aliphatic heterocycles. The number of para-hydroxylation sites is 1. The second-order valence-electron chi connectivity index (χ2n) is 3.48. The molecule has 0 atom stereocenters. The van der Waals surface area contributed by atoms with E-state index in [-0.39, 0.29) is 10.6 Å². The average Bonchev–Trinajstić information content (AvgIpc) is 2.41. The zero-order valence-corrected chi connectivity index (χ0v) is 10.1. The Balaban J connectivity index is 2.49. The van der Waals surface area contributed by atoms with Gasteiger partial charge in [-0.2, -0.15) is 8.42 Å². The van der Waals surface area contributed by atoms with E-state index in [1.165, 1.54) is 24.3 Å². The van der Waals surface area contributed by atoms with Gasteiger partial charge in [-0.3, -0.25) is 0 Å². The summed E-state index contributed by atoms with van der Waals surface area (Å²) in [6, 6.07) is 15.7. The number of sulfonamides is 1. The van der Waals surface area contributed by atoms with Crippen molar-refractivity contribution >= 4 is 15.7 Å². The van der Waals surface area contributed by atoms with Gasteiger partial charge in [0.15, 0.2) is 0 Å². The maximum Gasteiger partial charge on any atom is 0.286 e. The molecule has 18 heavy (non-hydrogen) atoms. The molecule has 2 aromatic rings. The van der Waals surface area contributed by atoms with E-state index in [1.54, 1.807) is 36.4 Å². The minimum Gasteiger partial charge on any atom is -0.199 e. The van der Waals surface area contributed by atoms with Crippen molar-refractivity contribution in [1.29, 1.82) is 0 Å². The molecule has 0 aliphatic rings. The van der Waals surface area contributed by atoms with Crippen molar-refractivity contribution in [3.8, 4) is 0 Å². The summed E-state index contributed by atoms with van der Waals surface area (Å²) in [4.78, 5) is 10.8. The van der Waals surface area contributed by atoms with Gasteiger partial charge in [-0.05, 0) is 24.3 Å². The number of nitroso groups, excluding NO2 is 1. The van der Waals surface area contributed by atoms with Gasteiger partial charge in [-0.1, -0.05) is 36.4 Å². The van der Waals surface area contributed by atoms with Crippen molar-refractivity contribution in [2.45, 2.75) is 4.90 Å². The summed E-state index contributed by atoms with van der Waals surface area (Å²) < 4.78 is 24.9. The molecular formula is C12H10N2O3S. The second-order valence-corrected chi connectivity index (χ2v) is 5.25. The normalized spacial score (nSPS) is 10.9. The highest BCUT2D eigenvalue weighted by atomic mass is 32.2. The van der Waals surface area contributed by atoms with Crippen LogP contribution in [0.25, 0.3) is 0 Å². The fourth-order valence-corrected chi connectivity index (χ4v) is 2.67. The topological polar surface area (TPSA) is 66.8 Å². The molecule has 92 valence electrons. The molecule has 5 nitrogen and oxygen atoms in total. The quantitative estimate of drug-likeness (QED) is 0.628. The fourth-order valence-electron chi connectivity index (χ4n) is 1.48. The number of benzene rings is 2. The van der Waals surface area contributed by atoms with E-state index in [0.717, 1.165) is 0 Å². The van der Waals surface area contributed by atoms with E-state index in [0.29, 0.717) is 4.41 Å². The van der Waals surface area contributed by atoms with Gasteiger partial charge in [0.05, 0.1) is 15.9 Å². The number of hydrogen-bond acceptors (Lipinski definition) is 4. The van der Waals surface area contributed by atoms with Gasteiger partial charge in [0, 0.05) is 0 Å². The fraction of sp³-hybridized carbons (Fsp3) is 0. The first-order valence-corrected chi connectivity index (χ1v) is 6.59. The molecule has 0 aromatic heterocycles. The zero-order valence-electron chi connectivity index (χ0n) is 9.30. The highest BCUT2D eigenvalue weighted by Gasteiger charge is 2.25. The molecule has 2 rings (SSSR count). The molecule has 0 amide bonds. The number of anilines is 1. The number of hydrogen-bond donors (Lipinski definition) is 0. The van der Waals surface area contributed by atoms with Crippen molar-refractivity contribution in [3.63, 3.8) is 0 Å². The lowest BCUT2D eigenvalue weighted by molar-refractivity contribution is 0.592. The van der Waals surface area contributed by atoms with Gasteiger partial charge in [0.1, 0.15) is 0 Å². The van der Waals surface area contributed by atoms with Gasteiger partial charge in [0.25, 0.3) is 10.0 Å². The maximum absolute atomic E-state index is 12.2. The molecule has 0 heterocycles. The summed E-state index contributed by atoms with van der Waals surface area (Å²) in [5.41, 5.74) is 0.205. The molecule has 2 aromatic carbocycles. The first-order chi connectivity index (χ1) is 8.66. The van der Waals surface area contributed by atoms with Crippen LogP contribution in [0.2, 0.25) is 0 Å². The molecular weight excluding hydrogens is 252 g/mol. The maximum atomic E-state index is 12.2. The molecule has 0 saturated carbocycles. The molecule has 0 radical (unpaired) electrons. The van der Waals surface area contributed by atoms with Gasteiger partial charge in [0.2, 0.25) is 0 Å². The Morgan fingerprint density at radius 2 is 1.33 bits per heavy atom. The summed E-state index contributed by atoms with van der Waals surface area (Å²) in [5.74, 6) is 0. The highest BCUT2D eigenvalue weighted by molar-refractivity contribution is 7.92. The van der Waals surface area contributed by atoms with Crippen LogP contribution in [0.3, 0.4) is 0 Å². The van der Waals surface area contributed by atoms with Crippen LogP contribution in [0.1, 0.15) is 0 Å². The van der Waals surface area contributed by atoms with E-state index >= 15 is 0 Å². The lowest BCUT2D eigenvalue weighted by Crippen LogP contribution is -2.24. The summed E-state index contributed by atoms with van der Waals surface area (Å²) in [5, 5.41) is 2.60. The van der Waals surface area contributed by atoms with Crippen molar-refractivity contribution < 1.29 is 8.42 Å². The Hall–Kier alpha value is -2.21. The van der Waals surface area contributed by atoms with E-state index in [1.807, 2.05) is 0 Å². The van der Waals surface area contributed by atoms with Gasteiger partial charge < -0.3 is 0 Å². The minimum atomic E-state index is -3.95.